The third-order valence-electron chi connectivity index (χ3n) is 2.96. The summed E-state index contributed by atoms with van der Waals surface area (Å²) in [5.41, 5.74) is 2.48. The van der Waals surface area contributed by atoms with Gasteiger partial charge in [-0.15, -0.1) is 0 Å². The normalized spacial score (nSPS) is 19.3. The zero-order valence-electron chi connectivity index (χ0n) is 10.5. The van der Waals surface area contributed by atoms with E-state index in [1.165, 1.54) is 12.7 Å². The van der Waals surface area contributed by atoms with Gasteiger partial charge in [-0.25, -0.2) is 15.8 Å². The Kier molecular flexibility index (Phi) is 4.54. The second-order valence-corrected chi connectivity index (χ2v) is 4.21. The molecule has 100 valence electrons. The van der Waals surface area contributed by atoms with Crippen LogP contribution in [0.15, 0.2) is 6.33 Å². The Morgan fingerprint density at radius 3 is 3.00 bits per heavy atom. The summed E-state index contributed by atoms with van der Waals surface area (Å²) in [6.45, 7) is 2.47. The van der Waals surface area contributed by atoms with Gasteiger partial charge in [0.15, 0.2) is 11.6 Å². The van der Waals surface area contributed by atoms with Gasteiger partial charge in [0, 0.05) is 13.2 Å². The highest BCUT2D eigenvalue weighted by Gasteiger charge is 2.16. The molecule has 1 aliphatic heterocycles. The van der Waals surface area contributed by atoms with Crippen LogP contribution in [0.1, 0.15) is 12.8 Å². The number of ether oxygens (including phenoxy) is 2. The van der Waals surface area contributed by atoms with E-state index in [0.717, 1.165) is 26.2 Å². The Bertz CT molecular complexity index is 382. The minimum atomic E-state index is 0.467. The summed E-state index contributed by atoms with van der Waals surface area (Å²) in [6.07, 6.45) is 3.72. The Morgan fingerprint density at radius 2 is 2.33 bits per heavy atom. The number of hydrazine groups is 1. The molecule has 1 saturated heterocycles. The Labute approximate surface area is 106 Å². The van der Waals surface area contributed by atoms with E-state index in [-0.39, 0.29) is 0 Å². The Balaban J connectivity index is 1.99. The average molecular weight is 253 g/mol. The van der Waals surface area contributed by atoms with Gasteiger partial charge in [-0.05, 0) is 18.8 Å². The van der Waals surface area contributed by atoms with E-state index in [0.29, 0.717) is 23.3 Å². The first-order valence-electron chi connectivity index (χ1n) is 6.02. The fourth-order valence-electron chi connectivity index (χ4n) is 2.01. The van der Waals surface area contributed by atoms with Crippen LogP contribution in [0.2, 0.25) is 0 Å². The van der Waals surface area contributed by atoms with E-state index in [9.17, 15) is 0 Å². The number of anilines is 2. The van der Waals surface area contributed by atoms with Gasteiger partial charge < -0.3 is 20.2 Å². The minimum Gasteiger partial charge on any atom is -0.490 e. The number of hydrogen-bond acceptors (Lipinski definition) is 7. The third-order valence-corrected chi connectivity index (χ3v) is 2.96. The van der Waals surface area contributed by atoms with Gasteiger partial charge in [0.25, 0.3) is 0 Å². The maximum Gasteiger partial charge on any atom is 0.205 e. The van der Waals surface area contributed by atoms with Gasteiger partial charge in [0.2, 0.25) is 5.75 Å². The second-order valence-electron chi connectivity index (χ2n) is 4.21. The van der Waals surface area contributed by atoms with Crippen LogP contribution in [0.25, 0.3) is 0 Å². The summed E-state index contributed by atoms with van der Waals surface area (Å²) in [5, 5.41) is 3.26. The number of hydrogen-bond donors (Lipinski definition) is 3. The molecule has 0 aliphatic carbocycles. The summed E-state index contributed by atoms with van der Waals surface area (Å²) in [7, 11) is 1.56. The molecule has 2 rings (SSSR count). The van der Waals surface area contributed by atoms with Crippen LogP contribution in [0.5, 0.6) is 5.75 Å². The summed E-state index contributed by atoms with van der Waals surface area (Å²) >= 11 is 0. The molecule has 1 atom stereocenters. The molecule has 7 heteroatoms. The molecule has 0 saturated carbocycles. The molecule has 1 aliphatic rings. The lowest BCUT2D eigenvalue weighted by molar-refractivity contribution is 0.0594. The fraction of sp³-hybridized carbons (Fsp3) is 0.636. The van der Waals surface area contributed by atoms with Crippen LogP contribution in [0.4, 0.5) is 11.6 Å². The Hall–Kier alpha value is -1.60. The van der Waals surface area contributed by atoms with Gasteiger partial charge >= 0.3 is 0 Å². The molecule has 1 unspecified atom stereocenters. The molecule has 18 heavy (non-hydrogen) atoms. The van der Waals surface area contributed by atoms with Crippen molar-refractivity contribution in [3.05, 3.63) is 6.33 Å². The van der Waals surface area contributed by atoms with Gasteiger partial charge in [0.05, 0.1) is 13.7 Å². The topological polar surface area (TPSA) is 94.3 Å². The predicted octanol–water partition coefficient (Wildman–Crippen LogP) is 0.609. The molecule has 1 aromatic rings. The van der Waals surface area contributed by atoms with Crippen molar-refractivity contribution in [3.8, 4) is 5.75 Å². The van der Waals surface area contributed by atoms with Gasteiger partial charge in [-0.3, -0.25) is 0 Å². The molecule has 4 N–H and O–H groups in total. The number of methoxy groups -OCH3 is 1. The summed E-state index contributed by atoms with van der Waals surface area (Å²) in [5.74, 6) is 7.51. The van der Waals surface area contributed by atoms with E-state index >= 15 is 0 Å². The maximum absolute atomic E-state index is 5.44. The van der Waals surface area contributed by atoms with Crippen LogP contribution >= 0.6 is 0 Å². The van der Waals surface area contributed by atoms with Gasteiger partial charge in [-0.1, -0.05) is 0 Å². The van der Waals surface area contributed by atoms with Crippen LogP contribution in [0, 0.1) is 5.92 Å². The second kappa shape index (κ2) is 6.36. The molecule has 0 amide bonds. The van der Waals surface area contributed by atoms with E-state index in [1.54, 1.807) is 7.11 Å². The van der Waals surface area contributed by atoms with E-state index in [4.69, 9.17) is 15.3 Å². The Morgan fingerprint density at radius 1 is 1.50 bits per heavy atom. The van der Waals surface area contributed by atoms with Crippen LogP contribution in [0.3, 0.4) is 0 Å². The average Bonchev–Trinajstić information content (AvgIpc) is 2.45. The number of aromatic nitrogens is 2. The lowest BCUT2D eigenvalue weighted by atomic mass is 10.0. The third kappa shape index (κ3) is 2.99. The quantitative estimate of drug-likeness (QED) is 0.522. The van der Waals surface area contributed by atoms with Crippen LogP contribution in [-0.4, -0.2) is 36.8 Å². The highest BCUT2D eigenvalue weighted by atomic mass is 16.5. The zero-order valence-corrected chi connectivity index (χ0v) is 10.5. The van der Waals surface area contributed by atoms with Crippen molar-refractivity contribution in [1.29, 1.82) is 0 Å². The monoisotopic (exact) mass is 253 g/mol. The summed E-state index contributed by atoms with van der Waals surface area (Å²) < 4.78 is 10.7. The van der Waals surface area contributed by atoms with E-state index in [2.05, 4.69) is 20.7 Å². The van der Waals surface area contributed by atoms with Crippen molar-refractivity contribution >= 4 is 11.6 Å². The SMILES string of the molecule is COc1c(NN)ncnc1NCC1CCCOC1. The highest BCUT2D eigenvalue weighted by Crippen LogP contribution is 2.28. The van der Waals surface area contributed by atoms with Crippen LogP contribution in [-0.2, 0) is 4.74 Å². The number of nitrogens with two attached hydrogens (primary N) is 1. The first kappa shape index (κ1) is 12.8. The van der Waals surface area contributed by atoms with Gasteiger partial charge in [-0.2, -0.15) is 0 Å². The molecule has 0 radical (unpaired) electrons. The first-order valence-corrected chi connectivity index (χ1v) is 6.02. The number of rotatable bonds is 5. The summed E-state index contributed by atoms with van der Waals surface area (Å²) in [6, 6.07) is 0. The minimum absolute atomic E-state index is 0.467. The molecule has 0 spiro atoms. The number of nitrogens with zero attached hydrogens (tertiary/aromatic N) is 2. The first-order chi connectivity index (χ1) is 8.85. The molecule has 1 aromatic heterocycles. The lowest BCUT2D eigenvalue weighted by Crippen LogP contribution is -2.25. The van der Waals surface area contributed by atoms with E-state index < -0.39 is 0 Å². The largest absolute Gasteiger partial charge is 0.490 e. The molecular formula is C11H19N5O2. The molecule has 7 nitrogen and oxygen atoms in total. The van der Waals surface area contributed by atoms with Crippen molar-refractivity contribution in [2.45, 2.75) is 12.8 Å². The fourth-order valence-corrected chi connectivity index (χ4v) is 2.01. The van der Waals surface area contributed by atoms with E-state index in [1.807, 2.05) is 0 Å². The van der Waals surface area contributed by atoms with Crippen molar-refractivity contribution in [3.63, 3.8) is 0 Å². The predicted molar refractivity (Wildman–Crippen MR) is 68.4 cm³/mol. The molecule has 0 bridgehead atoms. The molecular weight excluding hydrogens is 234 g/mol. The number of nitrogen functional groups attached to an aromatic ring is 1. The standard InChI is InChI=1S/C11H19N5O2/c1-17-9-10(14-7-15-11(9)16-12)13-5-8-3-2-4-18-6-8/h7-8H,2-6,12H2,1H3,(H2,13,14,15,16). The van der Waals surface area contributed by atoms with Crippen molar-refractivity contribution < 1.29 is 9.47 Å². The van der Waals surface area contributed by atoms with Crippen molar-refractivity contribution in [2.75, 3.05) is 37.6 Å². The van der Waals surface area contributed by atoms with Crippen LogP contribution < -0.4 is 21.3 Å². The van der Waals surface area contributed by atoms with Crippen molar-refractivity contribution in [2.24, 2.45) is 11.8 Å². The highest BCUT2D eigenvalue weighted by molar-refractivity contribution is 5.62. The molecule has 0 aromatic carbocycles. The van der Waals surface area contributed by atoms with Gasteiger partial charge in [0.1, 0.15) is 6.33 Å². The smallest absolute Gasteiger partial charge is 0.205 e. The van der Waals surface area contributed by atoms with Crippen molar-refractivity contribution in [1.82, 2.24) is 9.97 Å². The summed E-state index contributed by atoms with van der Waals surface area (Å²) in [4.78, 5) is 8.15. The number of nitrogens with one attached hydrogen (secondary N) is 2. The lowest BCUT2D eigenvalue weighted by Gasteiger charge is -2.23. The zero-order chi connectivity index (χ0) is 12.8. The molecule has 1 fully saturated rings. The maximum atomic E-state index is 5.44. The molecule has 2 heterocycles.